The smallest absolute Gasteiger partial charge is 0.350 e. The van der Waals surface area contributed by atoms with E-state index in [4.69, 9.17) is 9.47 Å². The van der Waals surface area contributed by atoms with E-state index in [-0.39, 0.29) is 33.3 Å². The highest BCUT2D eigenvalue weighted by atomic mass is 16.7. The van der Waals surface area contributed by atoms with E-state index in [9.17, 15) is 19.8 Å². The fourth-order valence-electron chi connectivity index (χ4n) is 7.78. The van der Waals surface area contributed by atoms with E-state index >= 15 is 0 Å². The molecule has 0 atom stereocenters. The number of carbonyl (C=O) groups excluding carboxylic acids is 2. The van der Waals surface area contributed by atoms with Crippen LogP contribution in [0, 0.1) is 5.41 Å². The number of esters is 2. The van der Waals surface area contributed by atoms with Crippen LogP contribution in [0.1, 0.15) is 131 Å². The average molecular weight is 725 g/mol. The molecule has 0 bridgehead atoms. The lowest BCUT2D eigenvalue weighted by molar-refractivity contribution is -0.222. The second-order valence-corrected chi connectivity index (χ2v) is 18.7. The molecule has 2 aliphatic rings. The summed E-state index contributed by atoms with van der Waals surface area (Å²) in [5.74, 6) is -2.50. The van der Waals surface area contributed by atoms with Crippen LogP contribution in [-0.2, 0) is 42.9 Å². The third kappa shape index (κ3) is 9.02. The molecule has 0 radical (unpaired) electrons. The van der Waals surface area contributed by atoms with Gasteiger partial charge in [0.15, 0.2) is 5.57 Å². The Balaban J connectivity index is 1.84. The zero-order valence-corrected chi connectivity index (χ0v) is 33.7. The van der Waals surface area contributed by atoms with E-state index in [2.05, 4.69) is 96.4 Å². The largest absolute Gasteiger partial charge is 0.508 e. The molecular weight excluding hydrogens is 665 g/mol. The number of phenols is 2. The Hall–Kier alpha value is -4.46. The topological polar surface area (TPSA) is 99.5 Å². The molecule has 1 aliphatic carbocycles. The van der Waals surface area contributed by atoms with Crippen LogP contribution in [0.15, 0.2) is 72.4 Å². The maximum absolute atomic E-state index is 13.6. The Labute approximate surface area is 316 Å². The van der Waals surface area contributed by atoms with Gasteiger partial charge in [0.2, 0.25) is 0 Å². The first-order valence-corrected chi connectivity index (χ1v) is 19.0. The third-order valence-corrected chi connectivity index (χ3v) is 10.2. The van der Waals surface area contributed by atoms with Crippen molar-refractivity contribution < 1.29 is 29.3 Å². The molecule has 3 aromatic carbocycles. The maximum atomic E-state index is 13.6. The number of aromatic hydroxyl groups is 2. The summed E-state index contributed by atoms with van der Waals surface area (Å²) in [5, 5.41) is 21.8. The second-order valence-electron chi connectivity index (χ2n) is 18.7. The SMILES string of the molecule is CC(C)(C)Cc1ccc(CN(C=C2C(=O)OC(C)(C)OC2=O)C2(N(c3ccc(O)cc3C(C)(C)C)c3ccc(O)cc3C(C)(C)C)CCCCC2)cc1. The Morgan fingerprint density at radius 3 is 1.57 bits per heavy atom. The predicted molar refractivity (Wildman–Crippen MR) is 211 cm³/mol. The molecule has 2 fully saturated rings. The number of ether oxygens (including phenoxy) is 2. The minimum absolute atomic E-state index is 0.129. The number of hydrogen-bond donors (Lipinski definition) is 2. The molecule has 1 heterocycles. The van der Waals surface area contributed by atoms with Crippen molar-refractivity contribution in [3.63, 3.8) is 0 Å². The van der Waals surface area contributed by atoms with Gasteiger partial charge in [0.1, 0.15) is 17.2 Å². The van der Waals surface area contributed by atoms with E-state index in [0.717, 1.165) is 53.7 Å². The first kappa shape index (κ1) is 39.7. The summed E-state index contributed by atoms with van der Waals surface area (Å²) in [6, 6.07) is 19.7. The third-order valence-electron chi connectivity index (χ3n) is 10.2. The molecule has 3 aromatic rings. The Morgan fingerprint density at radius 2 is 1.13 bits per heavy atom. The minimum Gasteiger partial charge on any atom is -0.508 e. The summed E-state index contributed by atoms with van der Waals surface area (Å²) in [4.78, 5) is 31.8. The van der Waals surface area contributed by atoms with Crippen LogP contribution in [-0.4, -0.2) is 38.5 Å². The van der Waals surface area contributed by atoms with Gasteiger partial charge in [0.05, 0.1) is 0 Å². The van der Waals surface area contributed by atoms with Crippen molar-refractivity contribution in [2.45, 2.75) is 144 Å². The number of benzene rings is 3. The molecule has 0 spiro atoms. The van der Waals surface area contributed by atoms with Crippen LogP contribution < -0.4 is 4.90 Å². The standard InChI is InChI=1S/C45H60N2O6/c1-41(2,3)27-30-15-17-31(18-16-30)28-46(29-34-39(50)52-44(10,11)53-40(34)51)45(23-13-12-14-24-45)47(37-21-19-32(48)25-35(37)42(4,5)6)38-22-20-33(49)26-36(38)43(7,8)9/h15-22,25-26,29,48-49H,12-14,23-24,27-28H2,1-11H3. The second kappa shape index (κ2) is 14.4. The number of phenolic OH excluding ortho intramolecular Hbond substituents is 2. The van der Waals surface area contributed by atoms with E-state index < -0.39 is 23.4 Å². The Bertz CT molecular complexity index is 1760. The molecule has 2 N–H and O–H groups in total. The van der Waals surface area contributed by atoms with Gasteiger partial charge in [-0.3, -0.25) is 0 Å². The Morgan fingerprint density at radius 1 is 0.679 bits per heavy atom. The number of nitrogens with zero attached hydrogens (tertiary/aromatic N) is 2. The maximum Gasteiger partial charge on any atom is 0.350 e. The molecule has 0 amide bonds. The average Bonchev–Trinajstić information content (AvgIpc) is 3.02. The molecule has 1 saturated heterocycles. The van der Waals surface area contributed by atoms with Gasteiger partial charge in [-0.15, -0.1) is 0 Å². The number of cyclic esters (lactones) is 2. The summed E-state index contributed by atoms with van der Waals surface area (Å²) in [6.45, 7) is 23.0. The van der Waals surface area contributed by atoms with Crippen molar-refractivity contribution in [2.24, 2.45) is 5.41 Å². The first-order chi connectivity index (χ1) is 24.5. The van der Waals surface area contributed by atoms with Crippen LogP contribution in [0.4, 0.5) is 11.4 Å². The van der Waals surface area contributed by atoms with Gasteiger partial charge >= 0.3 is 11.9 Å². The van der Waals surface area contributed by atoms with Crippen molar-refractivity contribution in [3.05, 3.63) is 94.7 Å². The Kier molecular flexibility index (Phi) is 10.8. The van der Waals surface area contributed by atoms with Crippen molar-refractivity contribution >= 4 is 23.3 Å². The monoisotopic (exact) mass is 724 g/mol. The van der Waals surface area contributed by atoms with Gasteiger partial charge in [0, 0.05) is 38.0 Å². The van der Waals surface area contributed by atoms with Crippen LogP contribution in [0.2, 0.25) is 0 Å². The van der Waals surface area contributed by atoms with E-state index in [0.29, 0.717) is 19.4 Å². The minimum atomic E-state index is -1.38. The van der Waals surface area contributed by atoms with Crippen molar-refractivity contribution in [3.8, 4) is 11.5 Å². The van der Waals surface area contributed by atoms with Gasteiger partial charge in [-0.25, -0.2) is 9.59 Å². The predicted octanol–water partition coefficient (Wildman–Crippen LogP) is 10.3. The van der Waals surface area contributed by atoms with Gasteiger partial charge in [-0.1, -0.05) is 93.0 Å². The lowest BCUT2D eigenvalue weighted by atomic mass is 9.79. The number of rotatable bonds is 8. The molecule has 286 valence electrons. The number of anilines is 2. The summed E-state index contributed by atoms with van der Waals surface area (Å²) >= 11 is 0. The van der Waals surface area contributed by atoms with E-state index in [1.807, 2.05) is 24.3 Å². The van der Waals surface area contributed by atoms with Crippen molar-refractivity contribution in [1.82, 2.24) is 4.90 Å². The summed E-state index contributed by atoms with van der Waals surface area (Å²) in [7, 11) is 0. The number of hydrogen-bond acceptors (Lipinski definition) is 8. The zero-order valence-electron chi connectivity index (χ0n) is 33.7. The quantitative estimate of drug-likeness (QED) is 0.103. The molecular formula is C45H60N2O6. The van der Waals surface area contributed by atoms with Gasteiger partial charge in [-0.05, 0) is 107 Å². The zero-order chi connectivity index (χ0) is 39.1. The molecule has 5 rings (SSSR count). The molecule has 1 aliphatic heterocycles. The highest BCUT2D eigenvalue weighted by Gasteiger charge is 2.48. The van der Waals surface area contributed by atoms with Crippen LogP contribution >= 0.6 is 0 Å². The summed E-state index contributed by atoms with van der Waals surface area (Å²) in [5.41, 5.74) is 4.30. The lowest BCUT2D eigenvalue weighted by Gasteiger charge is -2.55. The molecule has 53 heavy (non-hydrogen) atoms. The van der Waals surface area contributed by atoms with E-state index in [1.54, 1.807) is 32.2 Å². The van der Waals surface area contributed by atoms with E-state index in [1.165, 1.54) is 5.56 Å². The van der Waals surface area contributed by atoms with Crippen molar-refractivity contribution in [2.75, 3.05) is 4.90 Å². The highest BCUT2D eigenvalue weighted by Crippen LogP contribution is 2.51. The fourth-order valence-corrected chi connectivity index (χ4v) is 7.78. The fraction of sp³-hybridized carbons (Fsp3) is 0.511. The first-order valence-electron chi connectivity index (χ1n) is 19.0. The van der Waals surface area contributed by atoms with Gasteiger partial charge in [-0.2, -0.15) is 0 Å². The number of carbonyl (C=O) groups is 2. The highest BCUT2D eigenvalue weighted by molar-refractivity contribution is 6.15. The van der Waals surface area contributed by atoms with Gasteiger partial charge < -0.3 is 29.5 Å². The molecule has 1 saturated carbocycles. The summed E-state index contributed by atoms with van der Waals surface area (Å²) in [6.07, 6.45) is 6.81. The molecule has 0 unspecified atom stereocenters. The summed E-state index contributed by atoms with van der Waals surface area (Å²) < 4.78 is 11.3. The van der Waals surface area contributed by atoms with Crippen LogP contribution in [0.3, 0.4) is 0 Å². The van der Waals surface area contributed by atoms with Crippen LogP contribution in [0.25, 0.3) is 0 Å². The van der Waals surface area contributed by atoms with Gasteiger partial charge in [0.25, 0.3) is 5.79 Å². The molecule has 8 nitrogen and oxygen atoms in total. The van der Waals surface area contributed by atoms with Crippen molar-refractivity contribution in [1.29, 1.82) is 0 Å². The molecule has 8 heteroatoms. The normalized spacial score (nSPS) is 17.5. The lowest BCUT2D eigenvalue weighted by Crippen LogP contribution is -2.59. The molecule has 0 aromatic heterocycles. The van der Waals surface area contributed by atoms with Crippen LogP contribution in [0.5, 0.6) is 11.5 Å².